The number of aryl methyl sites for hydroxylation is 1. The SMILES string of the molecule is C[C@H](O)CNC(=O)c1nc2c3c4c(sc3ncn2n1)C[C@@H](C(C)(C)C)CC4. The van der Waals surface area contributed by atoms with E-state index in [1.54, 1.807) is 29.1 Å². The van der Waals surface area contributed by atoms with Crippen LogP contribution in [-0.4, -0.2) is 43.2 Å². The first-order chi connectivity index (χ1) is 12.7. The summed E-state index contributed by atoms with van der Waals surface area (Å²) < 4.78 is 1.59. The van der Waals surface area contributed by atoms with Gasteiger partial charge in [-0.05, 0) is 43.1 Å². The molecule has 2 N–H and O–H groups in total. The van der Waals surface area contributed by atoms with Crippen molar-refractivity contribution >= 4 is 33.1 Å². The fourth-order valence-electron chi connectivity index (χ4n) is 3.73. The van der Waals surface area contributed by atoms with Crippen molar-refractivity contribution in [2.45, 2.75) is 53.1 Å². The minimum atomic E-state index is -0.612. The van der Waals surface area contributed by atoms with Crippen molar-refractivity contribution in [1.29, 1.82) is 0 Å². The van der Waals surface area contributed by atoms with E-state index in [9.17, 15) is 9.90 Å². The van der Waals surface area contributed by atoms with E-state index in [-0.39, 0.29) is 18.3 Å². The van der Waals surface area contributed by atoms with Gasteiger partial charge in [0, 0.05) is 11.4 Å². The van der Waals surface area contributed by atoms with Crippen molar-refractivity contribution in [3.8, 4) is 0 Å². The van der Waals surface area contributed by atoms with Gasteiger partial charge < -0.3 is 10.4 Å². The zero-order chi connectivity index (χ0) is 19.3. The molecule has 7 nitrogen and oxygen atoms in total. The summed E-state index contributed by atoms with van der Waals surface area (Å²) in [6.07, 6.45) is 4.24. The number of hydrogen-bond donors (Lipinski definition) is 2. The number of thiophene rings is 1. The van der Waals surface area contributed by atoms with Crippen LogP contribution in [-0.2, 0) is 12.8 Å². The molecule has 0 aromatic carbocycles. The van der Waals surface area contributed by atoms with Gasteiger partial charge in [0.2, 0.25) is 5.82 Å². The number of nitrogens with zero attached hydrogens (tertiary/aromatic N) is 4. The molecular weight excluding hydrogens is 362 g/mol. The summed E-state index contributed by atoms with van der Waals surface area (Å²) in [4.78, 5) is 23.7. The molecule has 2 atom stereocenters. The van der Waals surface area contributed by atoms with Crippen LogP contribution in [0.25, 0.3) is 15.9 Å². The van der Waals surface area contributed by atoms with Crippen LogP contribution in [0.4, 0.5) is 0 Å². The second-order valence-electron chi connectivity index (χ2n) is 8.50. The highest BCUT2D eigenvalue weighted by molar-refractivity contribution is 7.19. The average Bonchev–Trinajstić information content (AvgIpc) is 3.18. The molecule has 0 bridgehead atoms. The summed E-state index contributed by atoms with van der Waals surface area (Å²) in [6.45, 7) is 8.71. The van der Waals surface area contributed by atoms with Gasteiger partial charge >= 0.3 is 0 Å². The Morgan fingerprint density at radius 2 is 2.26 bits per heavy atom. The monoisotopic (exact) mass is 387 g/mol. The van der Waals surface area contributed by atoms with Crippen LogP contribution in [0, 0.1) is 11.3 Å². The first kappa shape index (κ1) is 18.3. The Bertz CT molecular complexity index is 1010. The predicted molar refractivity (Wildman–Crippen MR) is 105 cm³/mol. The van der Waals surface area contributed by atoms with Crippen molar-refractivity contribution in [2.24, 2.45) is 11.3 Å². The molecule has 3 heterocycles. The number of hydrogen-bond acceptors (Lipinski definition) is 6. The van der Waals surface area contributed by atoms with E-state index in [1.165, 1.54) is 10.4 Å². The number of fused-ring (bicyclic) bond motifs is 5. The quantitative estimate of drug-likeness (QED) is 0.721. The van der Waals surface area contributed by atoms with Gasteiger partial charge in [0.05, 0.1) is 11.5 Å². The maximum Gasteiger partial charge on any atom is 0.291 e. The Labute approximate surface area is 161 Å². The van der Waals surface area contributed by atoms with Gasteiger partial charge in [0.15, 0.2) is 5.65 Å². The molecule has 8 heteroatoms. The largest absolute Gasteiger partial charge is 0.392 e. The molecule has 3 aromatic heterocycles. The fourth-order valence-corrected chi connectivity index (χ4v) is 4.99. The lowest BCUT2D eigenvalue weighted by molar-refractivity contribution is 0.0914. The summed E-state index contributed by atoms with van der Waals surface area (Å²) in [5.41, 5.74) is 2.30. The van der Waals surface area contributed by atoms with E-state index in [4.69, 9.17) is 0 Å². The molecule has 0 saturated carbocycles. The lowest BCUT2D eigenvalue weighted by Crippen LogP contribution is -2.31. The van der Waals surface area contributed by atoms with Crippen LogP contribution in [0.1, 0.15) is 55.2 Å². The third-order valence-corrected chi connectivity index (χ3v) is 6.53. The van der Waals surface area contributed by atoms with Crippen LogP contribution >= 0.6 is 11.3 Å². The van der Waals surface area contributed by atoms with Crippen molar-refractivity contribution < 1.29 is 9.90 Å². The lowest BCUT2D eigenvalue weighted by atomic mass is 9.72. The molecule has 0 spiro atoms. The van der Waals surface area contributed by atoms with Crippen LogP contribution in [0.3, 0.4) is 0 Å². The number of aliphatic hydroxyl groups excluding tert-OH is 1. The van der Waals surface area contributed by atoms with Gasteiger partial charge in [-0.25, -0.2) is 14.5 Å². The Morgan fingerprint density at radius 1 is 1.48 bits per heavy atom. The lowest BCUT2D eigenvalue weighted by Gasteiger charge is -2.33. The Hall–Kier alpha value is -2.06. The highest BCUT2D eigenvalue weighted by Crippen LogP contribution is 2.43. The normalized spacial score (nSPS) is 18.6. The molecule has 1 amide bonds. The zero-order valence-corrected chi connectivity index (χ0v) is 16.9. The van der Waals surface area contributed by atoms with Crippen LogP contribution < -0.4 is 5.32 Å². The van der Waals surface area contributed by atoms with Crippen LogP contribution in [0.15, 0.2) is 6.33 Å². The molecular formula is C19H25N5O2S. The molecule has 0 saturated heterocycles. The average molecular weight is 388 g/mol. The maximum absolute atomic E-state index is 12.3. The van der Waals surface area contributed by atoms with Crippen LogP contribution in [0.5, 0.6) is 0 Å². The Morgan fingerprint density at radius 3 is 2.96 bits per heavy atom. The van der Waals surface area contributed by atoms with E-state index in [2.05, 4.69) is 41.2 Å². The first-order valence-corrected chi connectivity index (χ1v) is 10.2. The smallest absolute Gasteiger partial charge is 0.291 e. The predicted octanol–water partition coefficient (Wildman–Crippen LogP) is 2.60. The van der Waals surface area contributed by atoms with Gasteiger partial charge in [-0.15, -0.1) is 16.4 Å². The van der Waals surface area contributed by atoms with E-state index in [1.807, 2.05) is 0 Å². The van der Waals surface area contributed by atoms with E-state index in [0.717, 1.165) is 29.5 Å². The molecule has 0 unspecified atom stereocenters. The van der Waals surface area contributed by atoms with Gasteiger partial charge in [-0.3, -0.25) is 4.79 Å². The van der Waals surface area contributed by atoms with Gasteiger partial charge in [0.25, 0.3) is 5.91 Å². The molecule has 1 aliphatic rings. The second-order valence-corrected chi connectivity index (χ2v) is 9.58. The third-order valence-electron chi connectivity index (χ3n) is 5.37. The summed E-state index contributed by atoms with van der Waals surface area (Å²) in [5, 5.41) is 17.3. The topological polar surface area (TPSA) is 92.4 Å². The summed E-state index contributed by atoms with van der Waals surface area (Å²) in [7, 11) is 0. The van der Waals surface area contributed by atoms with Crippen molar-refractivity contribution in [2.75, 3.05) is 6.54 Å². The number of rotatable bonds is 3. The third kappa shape index (κ3) is 3.32. The fraction of sp³-hybridized carbons (Fsp3) is 0.579. The molecule has 0 fully saturated rings. The second kappa shape index (κ2) is 6.53. The minimum absolute atomic E-state index is 0.105. The van der Waals surface area contributed by atoms with Crippen LogP contribution in [0.2, 0.25) is 0 Å². The number of carbonyl (C=O) groups excluding carboxylic acids is 1. The Balaban J connectivity index is 1.74. The molecule has 4 rings (SSSR count). The first-order valence-electron chi connectivity index (χ1n) is 9.36. The number of amides is 1. The molecule has 144 valence electrons. The van der Waals surface area contributed by atoms with Crippen molar-refractivity contribution in [3.63, 3.8) is 0 Å². The summed E-state index contributed by atoms with van der Waals surface area (Å²) in [5.74, 6) is 0.381. The minimum Gasteiger partial charge on any atom is -0.392 e. The molecule has 1 aliphatic carbocycles. The van der Waals surface area contributed by atoms with Gasteiger partial charge in [0.1, 0.15) is 11.2 Å². The number of aromatic nitrogens is 4. The standard InChI is InChI=1S/C19H25N5O2S/c1-10(25)8-20-17(26)15-22-16-14-12-6-5-11(19(2,3)4)7-13(12)27-18(14)21-9-24(16)23-15/h9-11,25H,5-8H2,1-4H3,(H,20,26)/t10-,11-/m0/s1. The zero-order valence-electron chi connectivity index (χ0n) is 16.1. The van der Waals surface area contributed by atoms with Gasteiger partial charge in [-0.2, -0.15) is 0 Å². The molecule has 0 radical (unpaired) electrons. The van der Waals surface area contributed by atoms with Crippen molar-refractivity contribution in [1.82, 2.24) is 24.9 Å². The van der Waals surface area contributed by atoms with E-state index in [0.29, 0.717) is 17.0 Å². The van der Waals surface area contributed by atoms with Gasteiger partial charge in [-0.1, -0.05) is 20.8 Å². The highest BCUT2D eigenvalue weighted by Gasteiger charge is 2.32. The van der Waals surface area contributed by atoms with E-state index >= 15 is 0 Å². The highest BCUT2D eigenvalue weighted by atomic mass is 32.1. The number of nitrogens with one attached hydrogen (secondary N) is 1. The molecule has 0 aliphatic heterocycles. The Kier molecular flexibility index (Phi) is 4.43. The molecule has 3 aromatic rings. The number of carbonyl (C=O) groups is 1. The molecule has 27 heavy (non-hydrogen) atoms. The summed E-state index contributed by atoms with van der Waals surface area (Å²) >= 11 is 1.74. The maximum atomic E-state index is 12.3. The van der Waals surface area contributed by atoms with Crippen molar-refractivity contribution in [3.05, 3.63) is 22.6 Å². The summed E-state index contributed by atoms with van der Waals surface area (Å²) in [6, 6.07) is 0. The van der Waals surface area contributed by atoms with E-state index < -0.39 is 6.10 Å². The number of aliphatic hydroxyl groups is 1.